The standard InChI is InChI=1S/C21H42FN3O5/c1-6-7-8-17(2)20(27)25-15-18(22)21(3,4)30-16-19(26)24-10-12-29-14-13-28-11-9-23-5/h17-18,23H,6-16H2,1-5H3,(H,24,26)(H,25,27). The number of hydrogen-bond donors (Lipinski definition) is 3. The molecule has 0 saturated heterocycles. The highest BCUT2D eigenvalue weighted by Crippen LogP contribution is 2.18. The Labute approximate surface area is 181 Å². The molecule has 30 heavy (non-hydrogen) atoms. The summed E-state index contributed by atoms with van der Waals surface area (Å²) in [5, 5.41) is 8.26. The van der Waals surface area contributed by atoms with Crippen LogP contribution in [-0.4, -0.2) is 83.3 Å². The topological polar surface area (TPSA) is 97.9 Å². The predicted molar refractivity (Wildman–Crippen MR) is 115 cm³/mol. The lowest BCUT2D eigenvalue weighted by Gasteiger charge is -2.29. The average Bonchev–Trinajstić information content (AvgIpc) is 2.72. The van der Waals surface area contributed by atoms with Gasteiger partial charge in [-0.3, -0.25) is 9.59 Å². The molecule has 0 spiro atoms. The van der Waals surface area contributed by atoms with E-state index in [1.165, 1.54) is 0 Å². The first-order valence-electron chi connectivity index (χ1n) is 10.9. The molecule has 0 aliphatic rings. The summed E-state index contributed by atoms with van der Waals surface area (Å²) in [4.78, 5) is 23.9. The molecule has 0 aromatic heterocycles. The van der Waals surface area contributed by atoms with E-state index < -0.39 is 11.8 Å². The Balaban J connectivity index is 3.91. The van der Waals surface area contributed by atoms with Crippen molar-refractivity contribution in [2.75, 3.05) is 59.7 Å². The number of ether oxygens (including phenoxy) is 3. The van der Waals surface area contributed by atoms with Gasteiger partial charge in [0.05, 0.1) is 38.6 Å². The minimum Gasteiger partial charge on any atom is -0.378 e. The number of amides is 2. The smallest absolute Gasteiger partial charge is 0.246 e. The second-order valence-corrected chi connectivity index (χ2v) is 7.83. The van der Waals surface area contributed by atoms with E-state index in [4.69, 9.17) is 14.2 Å². The zero-order valence-corrected chi connectivity index (χ0v) is 19.4. The summed E-state index contributed by atoms with van der Waals surface area (Å²) in [5.41, 5.74) is -1.20. The van der Waals surface area contributed by atoms with Crippen LogP contribution in [0.1, 0.15) is 47.0 Å². The molecule has 0 rings (SSSR count). The van der Waals surface area contributed by atoms with E-state index in [0.29, 0.717) is 33.0 Å². The molecule has 0 radical (unpaired) electrons. The number of likely N-dealkylation sites (N-methyl/N-ethyl adjacent to an activating group) is 1. The normalized spacial score (nSPS) is 13.7. The van der Waals surface area contributed by atoms with Gasteiger partial charge in [0.15, 0.2) is 0 Å². The van der Waals surface area contributed by atoms with Gasteiger partial charge in [-0.15, -0.1) is 0 Å². The fraction of sp³-hybridized carbons (Fsp3) is 0.905. The number of alkyl halides is 1. The van der Waals surface area contributed by atoms with Gasteiger partial charge in [-0.05, 0) is 27.3 Å². The first kappa shape index (κ1) is 28.7. The molecular formula is C21H42FN3O5. The van der Waals surface area contributed by atoms with Crippen molar-refractivity contribution in [1.82, 2.24) is 16.0 Å². The summed E-state index contributed by atoms with van der Waals surface area (Å²) >= 11 is 0. The van der Waals surface area contributed by atoms with E-state index >= 15 is 0 Å². The van der Waals surface area contributed by atoms with Gasteiger partial charge in [0.2, 0.25) is 11.8 Å². The van der Waals surface area contributed by atoms with Crippen LogP contribution in [0.4, 0.5) is 4.39 Å². The third kappa shape index (κ3) is 14.7. The quantitative estimate of drug-likeness (QED) is 0.266. The second-order valence-electron chi connectivity index (χ2n) is 7.83. The van der Waals surface area contributed by atoms with E-state index in [1.54, 1.807) is 13.8 Å². The Morgan fingerprint density at radius 2 is 1.67 bits per heavy atom. The summed E-state index contributed by atoms with van der Waals surface area (Å²) in [6.45, 7) is 9.69. The van der Waals surface area contributed by atoms with Crippen LogP contribution in [0.3, 0.4) is 0 Å². The van der Waals surface area contributed by atoms with E-state index in [-0.39, 0.29) is 30.9 Å². The Morgan fingerprint density at radius 3 is 2.27 bits per heavy atom. The largest absolute Gasteiger partial charge is 0.378 e. The molecule has 0 saturated carbocycles. The molecule has 0 fully saturated rings. The summed E-state index contributed by atoms with van der Waals surface area (Å²) in [7, 11) is 1.86. The van der Waals surface area contributed by atoms with Crippen LogP contribution in [0, 0.1) is 5.92 Å². The first-order chi connectivity index (χ1) is 14.2. The van der Waals surface area contributed by atoms with Crippen LogP contribution < -0.4 is 16.0 Å². The predicted octanol–water partition coefficient (Wildman–Crippen LogP) is 1.43. The van der Waals surface area contributed by atoms with Crippen molar-refractivity contribution in [1.29, 1.82) is 0 Å². The van der Waals surface area contributed by atoms with Crippen molar-refractivity contribution in [3.8, 4) is 0 Å². The maximum absolute atomic E-state index is 14.5. The first-order valence-corrected chi connectivity index (χ1v) is 10.9. The zero-order chi connectivity index (χ0) is 22.8. The molecule has 178 valence electrons. The van der Waals surface area contributed by atoms with Gasteiger partial charge < -0.3 is 30.2 Å². The zero-order valence-electron chi connectivity index (χ0n) is 19.4. The molecule has 2 unspecified atom stereocenters. The SMILES string of the molecule is CCCCC(C)C(=O)NCC(F)C(C)(C)OCC(=O)NCCOCCOCCNC. The highest BCUT2D eigenvalue weighted by atomic mass is 19.1. The molecule has 0 aromatic rings. The Morgan fingerprint density at radius 1 is 1.03 bits per heavy atom. The fourth-order valence-electron chi connectivity index (χ4n) is 2.40. The number of carbonyl (C=O) groups excluding carboxylic acids is 2. The lowest BCUT2D eigenvalue weighted by Crippen LogP contribution is -2.46. The van der Waals surface area contributed by atoms with Crippen LogP contribution in [-0.2, 0) is 23.8 Å². The fourth-order valence-corrected chi connectivity index (χ4v) is 2.40. The van der Waals surface area contributed by atoms with Crippen molar-refractivity contribution >= 4 is 11.8 Å². The number of hydrogen-bond acceptors (Lipinski definition) is 6. The van der Waals surface area contributed by atoms with Gasteiger partial charge in [-0.2, -0.15) is 0 Å². The van der Waals surface area contributed by atoms with E-state index in [0.717, 1.165) is 25.8 Å². The minimum absolute atomic E-state index is 0.144. The third-order valence-electron chi connectivity index (χ3n) is 4.66. The number of carbonyl (C=O) groups is 2. The second kappa shape index (κ2) is 17.4. The van der Waals surface area contributed by atoms with Crippen molar-refractivity contribution in [2.24, 2.45) is 5.92 Å². The van der Waals surface area contributed by atoms with E-state index in [1.807, 2.05) is 14.0 Å². The number of nitrogens with one attached hydrogen (secondary N) is 3. The summed E-state index contributed by atoms with van der Waals surface area (Å²) in [6, 6.07) is 0. The van der Waals surface area contributed by atoms with Gasteiger partial charge in [0, 0.05) is 19.0 Å². The molecule has 0 aliphatic carbocycles. The van der Waals surface area contributed by atoms with Crippen LogP contribution in [0.2, 0.25) is 0 Å². The van der Waals surface area contributed by atoms with Gasteiger partial charge >= 0.3 is 0 Å². The van der Waals surface area contributed by atoms with Crippen molar-refractivity contribution in [2.45, 2.75) is 58.7 Å². The molecule has 3 N–H and O–H groups in total. The van der Waals surface area contributed by atoms with Crippen LogP contribution in [0.5, 0.6) is 0 Å². The lowest BCUT2D eigenvalue weighted by molar-refractivity contribution is -0.137. The van der Waals surface area contributed by atoms with Gasteiger partial charge in [0.25, 0.3) is 0 Å². The Kier molecular flexibility index (Phi) is 16.6. The highest BCUT2D eigenvalue weighted by molar-refractivity contribution is 5.78. The molecule has 0 aromatic carbocycles. The van der Waals surface area contributed by atoms with Crippen LogP contribution >= 0.6 is 0 Å². The monoisotopic (exact) mass is 435 g/mol. The summed E-state index contributed by atoms with van der Waals surface area (Å²) in [6.07, 6.45) is 1.34. The van der Waals surface area contributed by atoms with Crippen LogP contribution in [0.25, 0.3) is 0 Å². The molecule has 2 amide bonds. The molecular weight excluding hydrogens is 393 g/mol. The lowest BCUT2D eigenvalue weighted by atomic mass is 10.0. The number of halogens is 1. The van der Waals surface area contributed by atoms with Gasteiger partial charge in [-0.25, -0.2) is 4.39 Å². The molecule has 2 atom stereocenters. The van der Waals surface area contributed by atoms with Crippen LogP contribution in [0.15, 0.2) is 0 Å². The van der Waals surface area contributed by atoms with Gasteiger partial charge in [0.1, 0.15) is 12.8 Å². The molecule has 0 heterocycles. The highest BCUT2D eigenvalue weighted by Gasteiger charge is 2.32. The summed E-state index contributed by atoms with van der Waals surface area (Å²) in [5.74, 6) is -0.650. The molecule has 9 heteroatoms. The van der Waals surface area contributed by atoms with Gasteiger partial charge in [-0.1, -0.05) is 26.7 Å². The molecule has 0 aliphatic heterocycles. The Hall–Kier alpha value is -1.29. The average molecular weight is 436 g/mol. The third-order valence-corrected chi connectivity index (χ3v) is 4.66. The van der Waals surface area contributed by atoms with Crippen molar-refractivity contribution < 1.29 is 28.2 Å². The Bertz CT molecular complexity index is 466. The number of unbranched alkanes of at least 4 members (excludes halogenated alkanes) is 1. The van der Waals surface area contributed by atoms with E-state index in [2.05, 4.69) is 22.9 Å². The van der Waals surface area contributed by atoms with Crippen molar-refractivity contribution in [3.63, 3.8) is 0 Å². The molecule has 0 bridgehead atoms. The van der Waals surface area contributed by atoms with E-state index in [9.17, 15) is 14.0 Å². The molecule has 8 nitrogen and oxygen atoms in total. The maximum Gasteiger partial charge on any atom is 0.246 e. The van der Waals surface area contributed by atoms with Crippen molar-refractivity contribution in [3.05, 3.63) is 0 Å². The summed E-state index contributed by atoms with van der Waals surface area (Å²) < 4.78 is 30.6. The maximum atomic E-state index is 14.5. The minimum atomic E-state index is -1.43. The number of rotatable bonds is 19.